The lowest BCUT2D eigenvalue weighted by atomic mass is 10.1. The summed E-state index contributed by atoms with van der Waals surface area (Å²) in [7, 11) is 5.28. The maximum absolute atomic E-state index is 12.4. The van der Waals surface area contributed by atoms with Gasteiger partial charge in [0.1, 0.15) is 0 Å². The van der Waals surface area contributed by atoms with Crippen LogP contribution in [0.4, 0.5) is 0 Å². The SMILES string of the molecule is COc1cccc(/C=C/C(=O)N2CCN(C)CC2C)c1OC. The van der Waals surface area contributed by atoms with Crippen LogP contribution in [0, 0.1) is 0 Å². The molecule has 5 heteroatoms. The molecule has 5 nitrogen and oxygen atoms in total. The number of ether oxygens (including phenoxy) is 2. The monoisotopic (exact) mass is 304 g/mol. The second kappa shape index (κ2) is 7.31. The van der Waals surface area contributed by atoms with Crippen LogP contribution in [0.15, 0.2) is 24.3 Å². The van der Waals surface area contributed by atoms with E-state index in [1.807, 2.05) is 23.1 Å². The third-order valence-electron chi connectivity index (χ3n) is 3.95. The number of piperazine rings is 1. The summed E-state index contributed by atoms with van der Waals surface area (Å²) in [6.07, 6.45) is 3.40. The lowest BCUT2D eigenvalue weighted by Crippen LogP contribution is -2.52. The van der Waals surface area contributed by atoms with E-state index in [-0.39, 0.29) is 11.9 Å². The molecular weight excluding hydrogens is 280 g/mol. The topological polar surface area (TPSA) is 42.0 Å². The molecule has 1 aromatic carbocycles. The molecule has 0 aromatic heterocycles. The van der Waals surface area contributed by atoms with Crippen molar-refractivity contribution in [2.45, 2.75) is 13.0 Å². The summed E-state index contributed by atoms with van der Waals surface area (Å²) < 4.78 is 10.6. The number of carbonyl (C=O) groups excluding carboxylic acids is 1. The van der Waals surface area contributed by atoms with Crippen LogP contribution in [-0.2, 0) is 4.79 Å². The summed E-state index contributed by atoms with van der Waals surface area (Å²) in [6, 6.07) is 5.84. The second-order valence-corrected chi connectivity index (χ2v) is 5.56. The standard InChI is InChI=1S/C17H24N2O3/c1-13-12-18(2)10-11-19(13)16(20)9-8-14-6-5-7-15(21-3)17(14)22-4/h5-9,13H,10-12H2,1-4H3/b9-8+. The summed E-state index contributed by atoms with van der Waals surface area (Å²) in [6.45, 7) is 4.65. The minimum atomic E-state index is 0.0328. The van der Waals surface area contributed by atoms with Crippen molar-refractivity contribution in [1.82, 2.24) is 9.80 Å². The van der Waals surface area contributed by atoms with Gasteiger partial charge in [-0.25, -0.2) is 0 Å². The number of nitrogens with zero attached hydrogens (tertiary/aromatic N) is 2. The largest absolute Gasteiger partial charge is 0.493 e. The molecule has 1 saturated heterocycles. The van der Waals surface area contributed by atoms with Crippen LogP contribution in [-0.4, -0.2) is 62.7 Å². The Morgan fingerprint density at radius 1 is 1.27 bits per heavy atom. The Morgan fingerprint density at radius 2 is 2.05 bits per heavy atom. The summed E-state index contributed by atoms with van der Waals surface area (Å²) in [5, 5.41) is 0. The molecular formula is C17H24N2O3. The maximum Gasteiger partial charge on any atom is 0.246 e. The van der Waals surface area contributed by atoms with E-state index in [2.05, 4.69) is 18.9 Å². The molecule has 22 heavy (non-hydrogen) atoms. The summed E-state index contributed by atoms with van der Waals surface area (Å²) >= 11 is 0. The molecule has 1 heterocycles. The van der Waals surface area contributed by atoms with Crippen molar-refractivity contribution >= 4 is 12.0 Å². The van der Waals surface area contributed by atoms with Gasteiger partial charge in [-0.05, 0) is 26.1 Å². The van der Waals surface area contributed by atoms with Crippen molar-refractivity contribution in [1.29, 1.82) is 0 Å². The molecule has 1 amide bonds. The highest BCUT2D eigenvalue weighted by atomic mass is 16.5. The number of benzene rings is 1. The van der Waals surface area contributed by atoms with Crippen molar-refractivity contribution in [3.63, 3.8) is 0 Å². The number of likely N-dealkylation sites (N-methyl/N-ethyl adjacent to an activating group) is 1. The zero-order valence-corrected chi connectivity index (χ0v) is 13.7. The molecule has 2 rings (SSSR count). The van der Waals surface area contributed by atoms with Gasteiger partial charge in [-0.15, -0.1) is 0 Å². The van der Waals surface area contributed by atoms with Gasteiger partial charge in [-0.1, -0.05) is 12.1 Å². The third-order valence-corrected chi connectivity index (χ3v) is 3.95. The molecule has 0 aliphatic carbocycles. The highest BCUT2D eigenvalue weighted by molar-refractivity contribution is 5.92. The van der Waals surface area contributed by atoms with E-state index in [0.29, 0.717) is 11.5 Å². The number of carbonyl (C=O) groups is 1. The highest BCUT2D eigenvalue weighted by Gasteiger charge is 2.24. The van der Waals surface area contributed by atoms with Crippen LogP contribution < -0.4 is 9.47 Å². The van der Waals surface area contributed by atoms with E-state index < -0.39 is 0 Å². The maximum atomic E-state index is 12.4. The van der Waals surface area contributed by atoms with Gasteiger partial charge in [0.2, 0.25) is 5.91 Å². The molecule has 0 radical (unpaired) electrons. The molecule has 0 spiro atoms. The molecule has 120 valence electrons. The summed E-state index contributed by atoms with van der Waals surface area (Å²) in [4.78, 5) is 16.5. The number of para-hydroxylation sites is 1. The van der Waals surface area contributed by atoms with Crippen molar-refractivity contribution in [2.75, 3.05) is 40.9 Å². The first-order valence-electron chi connectivity index (χ1n) is 7.45. The summed E-state index contributed by atoms with van der Waals surface area (Å²) in [5.74, 6) is 1.33. The van der Waals surface area contributed by atoms with E-state index in [1.54, 1.807) is 26.4 Å². The van der Waals surface area contributed by atoms with E-state index in [0.717, 1.165) is 25.2 Å². The van der Waals surface area contributed by atoms with Crippen molar-refractivity contribution in [3.05, 3.63) is 29.8 Å². The Bertz CT molecular complexity index is 557. The lowest BCUT2D eigenvalue weighted by molar-refractivity contribution is -0.130. The molecule has 1 aliphatic heterocycles. The first kappa shape index (κ1) is 16.4. The minimum absolute atomic E-state index is 0.0328. The summed E-state index contributed by atoms with van der Waals surface area (Å²) in [5.41, 5.74) is 0.831. The van der Waals surface area contributed by atoms with Crippen molar-refractivity contribution < 1.29 is 14.3 Å². The number of amides is 1. The first-order valence-corrected chi connectivity index (χ1v) is 7.45. The highest BCUT2D eigenvalue weighted by Crippen LogP contribution is 2.31. The molecule has 0 bridgehead atoms. The molecule has 1 unspecified atom stereocenters. The van der Waals surface area contributed by atoms with Crippen LogP contribution in [0.5, 0.6) is 11.5 Å². The van der Waals surface area contributed by atoms with E-state index in [1.165, 1.54) is 0 Å². The fourth-order valence-electron chi connectivity index (χ4n) is 2.77. The Labute approximate surface area is 132 Å². The second-order valence-electron chi connectivity index (χ2n) is 5.56. The van der Waals surface area contributed by atoms with Gasteiger partial charge >= 0.3 is 0 Å². The minimum Gasteiger partial charge on any atom is -0.493 e. The third kappa shape index (κ3) is 3.60. The molecule has 0 N–H and O–H groups in total. The average Bonchev–Trinajstić information content (AvgIpc) is 2.51. The Kier molecular flexibility index (Phi) is 5.44. The quantitative estimate of drug-likeness (QED) is 0.797. The molecule has 1 fully saturated rings. The normalized spacial score (nSPS) is 19.5. The molecule has 1 atom stereocenters. The van der Waals surface area contributed by atoms with Gasteiger partial charge < -0.3 is 19.3 Å². The van der Waals surface area contributed by atoms with Crippen molar-refractivity contribution in [2.24, 2.45) is 0 Å². The lowest BCUT2D eigenvalue weighted by Gasteiger charge is -2.37. The first-order chi connectivity index (χ1) is 10.6. The van der Waals surface area contributed by atoms with Crippen molar-refractivity contribution in [3.8, 4) is 11.5 Å². The van der Waals surface area contributed by atoms with Gasteiger partial charge in [0.15, 0.2) is 11.5 Å². The predicted molar refractivity (Wildman–Crippen MR) is 87.3 cm³/mol. The van der Waals surface area contributed by atoms with Crippen LogP contribution in [0.2, 0.25) is 0 Å². The van der Waals surface area contributed by atoms with Gasteiger partial charge in [-0.2, -0.15) is 0 Å². The Morgan fingerprint density at radius 3 is 2.68 bits per heavy atom. The fourth-order valence-corrected chi connectivity index (χ4v) is 2.77. The van der Waals surface area contributed by atoms with E-state index in [4.69, 9.17) is 9.47 Å². The van der Waals surface area contributed by atoms with Crippen LogP contribution in [0.1, 0.15) is 12.5 Å². The number of methoxy groups -OCH3 is 2. The van der Waals surface area contributed by atoms with Gasteiger partial charge in [-0.3, -0.25) is 4.79 Å². The van der Waals surface area contributed by atoms with E-state index in [9.17, 15) is 4.79 Å². The zero-order valence-electron chi connectivity index (χ0n) is 13.7. The molecule has 1 aliphatic rings. The van der Waals surface area contributed by atoms with Gasteiger partial charge in [0.05, 0.1) is 14.2 Å². The van der Waals surface area contributed by atoms with Crippen LogP contribution in [0.25, 0.3) is 6.08 Å². The smallest absolute Gasteiger partial charge is 0.246 e. The molecule has 0 saturated carbocycles. The van der Waals surface area contributed by atoms with E-state index >= 15 is 0 Å². The number of hydrogen-bond donors (Lipinski definition) is 0. The zero-order chi connectivity index (χ0) is 16.1. The Balaban J connectivity index is 2.13. The molecule has 1 aromatic rings. The predicted octanol–water partition coefficient (Wildman–Crippen LogP) is 1.88. The van der Waals surface area contributed by atoms with Gasteiger partial charge in [0, 0.05) is 37.3 Å². The number of hydrogen-bond acceptors (Lipinski definition) is 4. The van der Waals surface area contributed by atoms with Crippen LogP contribution in [0.3, 0.4) is 0 Å². The Hall–Kier alpha value is -2.01. The average molecular weight is 304 g/mol. The van der Waals surface area contributed by atoms with Crippen LogP contribution >= 0.6 is 0 Å². The fraction of sp³-hybridized carbons (Fsp3) is 0.471. The van der Waals surface area contributed by atoms with Gasteiger partial charge in [0.25, 0.3) is 0 Å². The number of rotatable bonds is 4.